The van der Waals surface area contributed by atoms with E-state index in [-0.39, 0.29) is 11.9 Å². The van der Waals surface area contributed by atoms with Crippen LogP contribution in [-0.4, -0.2) is 22.4 Å². The first-order chi connectivity index (χ1) is 14.0. The second-order valence-corrected chi connectivity index (χ2v) is 7.58. The lowest BCUT2D eigenvalue weighted by atomic mass is 9.83. The summed E-state index contributed by atoms with van der Waals surface area (Å²) < 4.78 is 7.15. The van der Waals surface area contributed by atoms with E-state index in [0.29, 0.717) is 22.2 Å². The monoisotopic (exact) mass is 427 g/mol. The van der Waals surface area contributed by atoms with Gasteiger partial charge in [-0.1, -0.05) is 35.3 Å². The van der Waals surface area contributed by atoms with Crippen molar-refractivity contribution in [1.82, 2.24) is 9.78 Å². The quantitative estimate of drug-likeness (QED) is 0.552. The van der Waals surface area contributed by atoms with Crippen LogP contribution in [0.15, 0.2) is 66.0 Å². The van der Waals surface area contributed by atoms with E-state index in [9.17, 15) is 4.79 Å². The number of hydrogen-bond donors (Lipinski definition) is 1. The van der Waals surface area contributed by atoms with Gasteiger partial charge in [0.2, 0.25) is 0 Å². The summed E-state index contributed by atoms with van der Waals surface area (Å²) in [6.07, 6.45) is 1.78. The molecule has 3 aromatic rings. The number of nitrogens with zero attached hydrogens (tertiary/aromatic N) is 2. The topological polar surface area (TPSA) is 56.1 Å². The van der Waals surface area contributed by atoms with E-state index in [0.717, 1.165) is 28.3 Å². The Labute approximate surface area is 178 Å². The zero-order chi connectivity index (χ0) is 20.5. The summed E-state index contributed by atoms with van der Waals surface area (Å²) in [7, 11) is 0. The summed E-state index contributed by atoms with van der Waals surface area (Å²) in [5.74, 6) is 0.142. The smallest absolute Gasteiger partial charge is 0.336 e. The molecule has 2 aromatic carbocycles. The van der Waals surface area contributed by atoms with Gasteiger partial charge in [0.05, 0.1) is 24.1 Å². The molecule has 1 aliphatic rings. The van der Waals surface area contributed by atoms with Gasteiger partial charge in [0, 0.05) is 27.2 Å². The van der Waals surface area contributed by atoms with E-state index < -0.39 is 0 Å². The average molecular weight is 428 g/mol. The Morgan fingerprint density at radius 3 is 2.34 bits per heavy atom. The Morgan fingerprint density at radius 2 is 1.72 bits per heavy atom. The summed E-state index contributed by atoms with van der Waals surface area (Å²) in [4.78, 5) is 12.8. The fourth-order valence-corrected chi connectivity index (χ4v) is 3.83. The van der Waals surface area contributed by atoms with E-state index >= 15 is 0 Å². The molecule has 0 fully saturated rings. The molecule has 1 atom stereocenters. The molecule has 148 valence electrons. The van der Waals surface area contributed by atoms with Crippen molar-refractivity contribution in [3.8, 4) is 5.69 Å². The molecule has 0 spiro atoms. The molecule has 7 heteroatoms. The van der Waals surface area contributed by atoms with Crippen LogP contribution in [0.4, 0.5) is 5.82 Å². The molecule has 0 radical (unpaired) electrons. The number of halogens is 2. The molecule has 0 bridgehead atoms. The molecule has 29 heavy (non-hydrogen) atoms. The van der Waals surface area contributed by atoms with Crippen LogP contribution in [0.3, 0.4) is 0 Å². The molecule has 0 amide bonds. The number of allylic oxidation sites excluding steroid dienone is 1. The predicted octanol–water partition coefficient (Wildman–Crippen LogP) is 5.57. The molecule has 0 aliphatic carbocycles. The molecular weight excluding hydrogens is 409 g/mol. The van der Waals surface area contributed by atoms with Gasteiger partial charge in [0.15, 0.2) is 0 Å². The Morgan fingerprint density at radius 1 is 1.10 bits per heavy atom. The number of benzene rings is 2. The summed E-state index contributed by atoms with van der Waals surface area (Å²) in [6.45, 7) is 3.97. The molecule has 0 saturated heterocycles. The maximum atomic E-state index is 12.8. The molecular formula is C22H19Cl2N3O2. The fourth-order valence-electron chi connectivity index (χ4n) is 3.57. The van der Waals surface area contributed by atoms with Crippen molar-refractivity contribution < 1.29 is 9.53 Å². The Kier molecular flexibility index (Phi) is 5.35. The van der Waals surface area contributed by atoms with Crippen molar-refractivity contribution in [1.29, 1.82) is 0 Å². The van der Waals surface area contributed by atoms with Gasteiger partial charge < -0.3 is 10.1 Å². The highest BCUT2D eigenvalue weighted by Gasteiger charge is 2.35. The molecule has 0 saturated carbocycles. The van der Waals surface area contributed by atoms with Crippen molar-refractivity contribution in [2.45, 2.75) is 19.8 Å². The van der Waals surface area contributed by atoms with Crippen LogP contribution in [0.25, 0.3) is 5.69 Å². The number of fused-ring (bicyclic) bond motifs is 1. The number of carbonyl (C=O) groups excluding carboxylic acids is 1. The third kappa shape index (κ3) is 3.63. The first-order valence-corrected chi connectivity index (χ1v) is 9.99. The number of aromatic nitrogens is 2. The third-order valence-electron chi connectivity index (χ3n) is 4.88. The molecule has 1 aromatic heterocycles. The molecule has 1 aliphatic heterocycles. The average Bonchev–Trinajstić information content (AvgIpc) is 3.12. The highest BCUT2D eigenvalue weighted by molar-refractivity contribution is 6.30. The lowest BCUT2D eigenvalue weighted by Gasteiger charge is -2.28. The van der Waals surface area contributed by atoms with Gasteiger partial charge in [-0.3, -0.25) is 0 Å². The summed E-state index contributed by atoms with van der Waals surface area (Å²) in [5.41, 5.74) is 3.99. The number of carbonyl (C=O) groups is 1. The lowest BCUT2D eigenvalue weighted by Crippen LogP contribution is -2.24. The standard InChI is InChI=1S/C22H19Cl2N3O2/c1-3-29-22(28)19-13(2)26-21-18(20(19)14-4-6-15(23)7-5-14)12-25-27(21)17-10-8-16(24)9-11-17/h4-12,20,26H,3H2,1-2H3. The van der Waals surface area contributed by atoms with Crippen LogP contribution in [0.1, 0.15) is 30.9 Å². The predicted molar refractivity (Wildman–Crippen MR) is 115 cm³/mol. The Bertz CT molecular complexity index is 1090. The van der Waals surface area contributed by atoms with Crippen LogP contribution in [0.5, 0.6) is 0 Å². The first-order valence-electron chi connectivity index (χ1n) is 9.23. The largest absolute Gasteiger partial charge is 0.463 e. The van der Waals surface area contributed by atoms with Gasteiger partial charge in [-0.2, -0.15) is 5.10 Å². The van der Waals surface area contributed by atoms with Crippen LogP contribution >= 0.6 is 23.2 Å². The second-order valence-electron chi connectivity index (χ2n) is 6.71. The maximum absolute atomic E-state index is 12.8. The molecule has 1 unspecified atom stereocenters. The summed E-state index contributed by atoms with van der Waals surface area (Å²) >= 11 is 12.1. The highest BCUT2D eigenvalue weighted by Crippen LogP contribution is 2.43. The molecule has 5 nitrogen and oxygen atoms in total. The number of hydrogen-bond acceptors (Lipinski definition) is 4. The van der Waals surface area contributed by atoms with Gasteiger partial charge in [-0.15, -0.1) is 0 Å². The van der Waals surface area contributed by atoms with E-state index in [1.165, 1.54) is 0 Å². The number of esters is 1. The number of anilines is 1. The van der Waals surface area contributed by atoms with Crippen LogP contribution in [0, 0.1) is 0 Å². The van der Waals surface area contributed by atoms with E-state index in [1.807, 2.05) is 55.5 Å². The number of rotatable bonds is 4. The first kappa shape index (κ1) is 19.6. The zero-order valence-electron chi connectivity index (χ0n) is 15.9. The van der Waals surface area contributed by atoms with Crippen molar-refractivity contribution in [3.05, 3.63) is 87.2 Å². The number of nitrogens with one attached hydrogen (secondary N) is 1. The van der Waals surface area contributed by atoms with Crippen LogP contribution < -0.4 is 5.32 Å². The van der Waals surface area contributed by atoms with Crippen LogP contribution in [0.2, 0.25) is 10.0 Å². The number of ether oxygens (including phenoxy) is 1. The summed E-state index contributed by atoms with van der Waals surface area (Å²) in [6, 6.07) is 14.9. The fraction of sp³-hybridized carbons (Fsp3) is 0.182. The third-order valence-corrected chi connectivity index (χ3v) is 5.38. The van der Waals surface area contributed by atoms with Gasteiger partial charge in [0.25, 0.3) is 0 Å². The van der Waals surface area contributed by atoms with E-state index in [1.54, 1.807) is 17.8 Å². The van der Waals surface area contributed by atoms with E-state index in [4.69, 9.17) is 27.9 Å². The van der Waals surface area contributed by atoms with Crippen molar-refractivity contribution in [2.24, 2.45) is 0 Å². The van der Waals surface area contributed by atoms with Gasteiger partial charge >= 0.3 is 5.97 Å². The van der Waals surface area contributed by atoms with Crippen molar-refractivity contribution in [3.63, 3.8) is 0 Å². The second kappa shape index (κ2) is 7.93. The summed E-state index contributed by atoms with van der Waals surface area (Å²) in [5, 5.41) is 9.21. The molecule has 1 N–H and O–H groups in total. The van der Waals surface area contributed by atoms with E-state index in [2.05, 4.69) is 10.4 Å². The minimum absolute atomic E-state index is 0.305. The van der Waals surface area contributed by atoms with Gasteiger partial charge in [0.1, 0.15) is 5.82 Å². The Balaban J connectivity index is 1.87. The highest BCUT2D eigenvalue weighted by atomic mass is 35.5. The Hall–Kier alpha value is -2.76. The van der Waals surface area contributed by atoms with Crippen LogP contribution in [-0.2, 0) is 9.53 Å². The lowest BCUT2D eigenvalue weighted by molar-refractivity contribution is -0.138. The van der Waals surface area contributed by atoms with Gasteiger partial charge in [-0.05, 0) is 55.8 Å². The zero-order valence-corrected chi connectivity index (χ0v) is 17.5. The maximum Gasteiger partial charge on any atom is 0.336 e. The molecule has 4 rings (SSSR count). The minimum Gasteiger partial charge on any atom is -0.463 e. The SMILES string of the molecule is CCOC(=O)C1=C(C)Nc2c(cnn2-c2ccc(Cl)cc2)C1c1ccc(Cl)cc1. The normalized spacial score (nSPS) is 15.7. The van der Waals surface area contributed by atoms with Crippen molar-refractivity contribution in [2.75, 3.05) is 11.9 Å². The van der Waals surface area contributed by atoms with Crippen molar-refractivity contribution >= 4 is 35.0 Å². The molecule has 2 heterocycles. The minimum atomic E-state index is -0.345. The van der Waals surface area contributed by atoms with Gasteiger partial charge in [-0.25, -0.2) is 9.48 Å².